The molecule has 4 heteroatoms. The van der Waals surface area contributed by atoms with Crippen LogP contribution in [0.2, 0.25) is 0 Å². The number of hydrogen-bond donors (Lipinski definition) is 2. The molecule has 0 aromatic rings. The highest BCUT2D eigenvalue weighted by Gasteiger charge is 2.11. The molecule has 0 saturated heterocycles. The van der Waals surface area contributed by atoms with E-state index in [1.54, 1.807) is 6.20 Å². The Morgan fingerprint density at radius 2 is 2.00 bits per heavy atom. The first-order valence-corrected chi connectivity index (χ1v) is 6.00. The van der Waals surface area contributed by atoms with Crippen molar-refractivity contribution >= 4 is 5.84 Å². The molecule has 0 fully saturated rings. The van der Waals surface area contributed by atoms with Crippen LogP contribution in [0.25, 0.3) is 0 Å². The second kappa shape index (κ2) is 7.58. The molecule has 0 saturated carbocycles. The molecule has 0 radical (unpaired) electrons. The van der Waals surface area contributed by atoms with Crippen molar-refractivity contribution in [2.75, 3.05) is 6.54 Å². The van der Waals surface area contributed by atoms with Crippen molar-refractivity contribution in [1.29, 1.82) is 0 Å². The maximum absolute atomic E-state index is 5.74. The number of nitrogens with two attached hydrogens (primary N) is 1. The summed E-state index contributed by atoms with van der Waals surface area (Å²) in [6.45, 7) is 16.1. The summed E-state index contributed by atoms with van der Waals surface area (Å²) in [5.41, 5.74) is 6.29. The van der Waals surface area contributed by atoms with E-state index in [9.17, 15) is 0 Å². The molecule has 102 valence electrons. The van der Waals surface area contributed by atoms with Crippen LogP contribution in [0, 0.1) is 0 Å². The second-order valence-corrected chi connectivity index (χ2v) is 4.91. The Hall–Kier alpha value is -1.71. The van der Waals surface area contributed by atoms with Gasteiger partial charge in [0.2, 0.25) is 0 Å². The standard InChI is InChI=1S/C14H25N3O/c1-7-9-17-13(15)11(2)8-10-16-12(3)18-14(4,5)6/h7,9,16H,2-3,8,10H2,1,4-6H3,(H2,15,17)/b9-7-. The molecule has 0 aromatic heterocycles. The van der Waals surface area contributed by atoms with Crippen LogP contribution in [-0.2, 0) is 4.74 Å². The first-order valence-electron chi connectivity index (χ1n) is 6.00. The van der Waals surface area contributed by atoms with Crippen molar-refractivity contribution in [3.8, 4) is 0 Å². The molecule has 0 unspecified atom stereocenters. The summed E-state index contributed by atoms with van der Waals surface area (Å²) in [6, 6.07) is 0. The molecule has 0 atom stereocenters. The zero-order valence-electron chi connectivity index (χ0n) is 11.9. The molecule has 3 N–H and O–H groups in total. The highest BCUT2D eigenvalue weighted by molar-refractivity contribution is 5.96. The molecule has 0 amide bonds. The number of amidine groups is 1. The molecule has 4 nitrogen and oxygen atoms in total. The van der Waals surface area contributed by atoms with Crippen LogP contribution >= 0.6 is 0 Å². The third-order valence-corrected chi connectivity index (χ3v) is 1.90. The molecule has 0 aromatic carbocycles. The largest absolute Gasteiger partial charge is 0.474 e. The second-order valence-electron chi connectivity index (χ2n) is 4.91. The average Bonchev–Trinajstić information content (AvgIpc) is 2.23. The molecule has 0 aliphatic rings. The Morgan fingerprint density at radius 3 is 2.50 bits per heavy atom. The lowest BCUT2D eigenvalue weighted by molar-refractivity contribution is 0.0417. The van der Waals surface area contributed by atoms with Crippen molar-refractivity contribution in [2.24, 2.45) is 10.7 Å². The Morgan fingerprint density at radius 1 is 1.39 bits per heavy atom. The van der Waals surface area contributed by atoms with Crippen LogP contribution in [-0.4, -0.2) is 18.0 Å². The van der Waals surface area contributed by atoms with E-state index in [-0.39, 0.29) is 5.60 Å². The lowest BCUT2D eigenvalue weighted by Crippen LogP contribution is -2.26. The van der Waals surface area contributed by atoms with E-state index in [2.05, 4.69) is 23.5 Å². The van der Waals surface area contributed by atoms with Crippen LogP contribution in [0.4, 0.5) is 0 Å². The summed E-state index contributed by atoms with van der Waals surface area (Å²) in [5, 5.41) is 3.07. The smallest absolute Gasteiger partial charge is 0.179 e. The minimum Gasteiger partial charge on any atom is -0.474 e. The van der Waals surface area contributed by atoms with Gasteiger partial charge in [-0.15, -0.1) is 0 Å². The third-order valence-electron chi connectivity index (χ3n) is 1.90. The van der Waals surface area contributed by atoms with Gasteiger partial charge in [-0.05, 0) is 46.3 Å². The van der Waals surface area contributed by atoms with Crippen molar-refractivity contribution < 1.29 is 4.74 Å². The summed E-state index contributed by atoms with van der Waals surface area (Å²) < 4.78 is 5.54. The fourth-order valence-corrected chi connectivity index (χ4v) is 1.13. The Kier molecular flexibility index (Phi) is 6.86. The van der Waals surface area contributed by atoms with Gasteiger partial charge in [0, 0.05) is 12.7 Å². The van der Waals surface area contributed by atoms with Crippen LogP contribution < -0.4 is 11.1 Å². The van der Waals surface area contributed by atoms with Crippen molar-refractivity contribution in [1.82, 2.24) is 5.32 Å². The zero-order chi connectivity index (χ0) is 14.2. The number of nitrogens with zero attached hydrogens (tertiary/aromatic N) is 1. The van der Waals surface area contributed by atoms with E-state index in [0.717, 1.165) is 5.57 Å². The highest BCUT2D eigenvalue weighted by atomic mass is 16.5. The normalized spacial score (nSPS) is 12.6. The Labute approximate surface area is 110 Å². The van der Waals surface area contributed by atoms with E-state index in [1.165, 1.54) is 0 Å². The summed E-state index contributed by atoms with van der Waals surface area (Å²) >= 11 is 0. The number of ether oxygens (including phenoxy) is 1. The van der Waals surface area contributed by atoms with E-state index in [4.69, 9.17) is 10.5 Å². The fraction of sp³-hybridized carbons (Fsp3) is 0.500. The highest BCUT2D eigenvalue weighted by Crippen LogP contribution is 2.10. The SMILES string of the molecule is C=C(NCCC(=C)/C(N)=N/C=C\C)OC(C)(C)C. The minimum absolute atomic E-state index is 0.243. The molecule has 0 aliphatic carbocycles. The van der Waals surface area contributed by atoms with Crippen LogP contribution in [0.5, 0.6) is 0 Å². The minimum atomic E-state index is -0.243. The van der Waals surface area contributed by atoms with Gasteiger partial charge in [-0.2, -0.15) is 0 Å². The Bertz CT molecular complexity index is 349. The zero-order valence-corrected chi connectivity index (χ0v) is 11.9. The van der Waals surface area contributed by atoms with E-state index < -0.39 is 0 Å². The quantitative estimate of drug-likeness (QED) is 0.415. The predicted molar refractivity (Wildman–Crippen MR) is 78.2 cm³/mol. The number of rotatable bonds is 7. The lowest BCUT2D eigenvalue weighted by Gasteiger charge is -2.23. The van der Waals surface area contributed by atoms with Gasteiger partial charge >= 0.3 is 0 Å². The molecule has 18 heavy (non-hydrogen) atoms. The molecule has 0 rings (SSSR count). The van der Waals surface area contributed by atoms with Crippen molar-refractivity contribution in [3.05, 3.63) is 36.9 Å². The van der Waals surface area contributed by atoms with Gasteiger partial charge in [-0.3, -0.25) is 0 Å². The van der Waals surface area contributed by atoms with Gasteiger partial charge in [0.05, 0.1) is 0 Å². The predicted octanol–water partition coefficient (Wildman–Crippen LogP) is 2.70. The van der Waals surface area contributed by atoms with Crippen LogP contribution in [0.3, 0.4) is 0 Å². The molecule has 0 spiro atoms. The van der Waals surface area contributed by atoms with E-state index in [0.29, 0.717) is 24.7 Å². The van der Waals surface area contributed by atoms with E-state index >= 15 is 0 Å². The molecular formula is C14H25N3O. The number of allylic oxidation sites excluding steroid dienone is 1. The van der Waals surface area contributed by atoms with Gasteiger partial charge < -0.3 is 15.8 Å². The maximum Gasteiger partial charge on any atom is 0.179 e. The summed E-state index contributed by atoms with van der Waals surface area (Å²) in [4.78, 5) is 4.03. The van der Waals surface area contributed by atoms with Crippen LogP contribution in [0.15, 0.2) is 41.9 Å². The molecule has 0 bridgehead atoms. The van der Waals surface area contributed by atoms with Crippen LogP contribution in [0.1, 0.15) is 34.1 Å². The van der Waals surface area contributed by atoms with Gasteiger partial charge in [-0.1, -0.05) is 12.7 Å². The Balaban J connectivity index is 3.99. The van der Waals surface area contributed by atoms with Gasteiger partial charge in [-0.25, -0.2) is 4.99 Å². The number of aliphatic imine (C=N–C) groups is 1. The average molecular weight is 251 g/mol. The lowest BCUT2D eigenvalue weighted by atomic mass is 10.2. The molecule has 0 heterocycles. The molecule has 0 aliphatic heterocycles. The molecular weight excluding hydrogens is 226 g/mol. The van der Waals surface area contributed by atoms with E-state index in [1.807, 2.05) is 33.8 Å². The summed E-state index contributed by atoms with van der Waals surface area (Å²) in [5.74, 6) is 1.01. The first-order chi connectivity index (χ1) is 8.26. The maximum atomic E-state index is 5.74. The monoisotopic (exact) mass is 251 g/mol. The summed E-state index contributed by atoms with van der Waals surface area (Å²) in [6.07, 6.45) is 4.16. The topological polar surface area (TPSA) is 59.6 Å². The summed E-state index contributed by atoms with van der Waals surface area (Å²) in [7, 11) is 0. The fourth-order valence-electron chi connectivity index (χ4n) is 1.13. The number of nitrogens with one attached hydrogen (secondary N) is 1. The van der Waals surface area contributed by atoms with Gasteiger partial charge in [0.1, 0.15) is 11.4 Å². The van der Waals surface area contributed by atoms with Gasteiger partial charge in [0.25, 0.3) is 0 Å². The third kappa shape index (κ3) is 8.44. The van der Waals surface area contributed by atoms with Crippen molar-refractivity contribution in [3.63, 3.8) is 0 Å². The van der Waals surface area contributed by atoms with Gasteiger partial charge in [0.15, 0.2) is 5.88 Å². The first kappa shape index (κ1) is 16.3. The number of hydrogen-bond acceptors (Lipinski definition) is 3. The van der Waals surface area contributed by atoms with Crippen molar-refractivity contribution in [2.45, 2.75) is 39.7 Å².